The first-order valence-electron chi connectivity index (χ1n) is 10.8. The number of aryl methyl sites for hydroxylation is 1. The van der Waals surface area contributed by atoms with E-state index >= 15 is 0 Å². The Hall–Kier alpha value is -2.76. The summed E-state index contributed by atoms with van der Waals surface area (Å²) < 4.78 is 28.3. The molecule has 4 unspecified atom stereocenters. The largest absolute Gasteiger partial charge is 0.325 e. The van der Waals surface area contributed by atoms with Crippen molar-refractivity contribution < 1.29 is 21.2 Å². The number of anilines is 2. The zero-order valence-corrected chi connectivity index (χ0v) is 18.1. The number of carbonyl (C=O) groups excluding carboxylic acids is 2. The number of hydrogen-bond acceptors (Lipinski definition) is 2. The Morgan fingerprint density at radius 3 is 2.81 bits per heavy atom. The first-order chi connectivity index (χ1) is 14.6. The van der Waals surface area contributed by atoms with Crippen LogP contribution in [0.4, 0.5) is 20.2 Å². The molecule has 0 aromatic heterocycles. The van der Waals surface area contributed by atoms with E-state index in [-0.39, 0.29) is 38.3 Å². The van der Waals surface area contributed by atoms with Crippen LogP contribution in [0.15, 0.2) is 48.1 Å². The van der Waals surface area contributed by atoms with Crippen LogP contribution in [0.2, 0.25) is 0 Å². The van der Waals surface area contributed by atoms with E-state index in [1.165, 1.54) is 0 Å². The van der Waals surface area contributed by atoms with Crippen LogP contribution in [-0.2, 0) is 9.59 Å². The van der Waals surface area contributed by atoms with E-state index in [0.717, 1.165) is 23.2 Å². The Morgan fingerprint density at radius 1 is 1.35 bits per heavy atom. The van der Waals surface area contributed by atoms with Gasteiger partial charge in [-0.25, -0.2) is 8.78 Å². The van der Waals surface area contributed by atoms with Crippen molar-refractivity contribution in [3.05, 3.63) is 59.2 Å². The van der Waals surface area contributed by atoms with Crippen molar-refractivity contribution in [1.82, 2.24) is 0 Å². The van der Waals surface area contributed by atoms with Crippen molar-refractivity contribution in [1.29, 1.82) is 0 Å². The molecule has 2 aliphatic carbocycles. The highest BCUT2D eigenvalue weighted by atomic mass is 19.3. The first kappa shape index (κ1) is 21.5. The molecule has 168 valence electrons. The lowest BCUT2D eigenvalue weighted by molar-refractivity contribution is -0.117. The molecule has 6 heteroatoms. The van der Waals surface area contributed by atoms with Crippen molar-refractivity contribution >= 4 is 23.2 Å². The molecule has 2 N–H and O–H groups in total. The Balaban J connectivity index is 0.00000193. The van der Waals surface area contributed by atoms with Gasteiger partial charge in [-0.1, -0.05) is 38.2 Å². The van der Waals surface area contributed by atoms with Gasteiger partial charge in [0.2, 0.25) is 5.91 Å². The van der Waals surface area contributed by atoms with Crippen LogP contribution in [-0.4, -0.2) is 17.7 Å². The predicted octanol–water partition coefficient (Wildman–Crippen LogP) is 6.22. The molecular weight excluding hydrogens is 398 g/mol. The minimum absolute atomic E-state index is 0. The van der Waals surface area contributed by atoms with Gasteiger partial charge in [-0.2, -0.15) is 0 Å². The molecule has 4 atom stereocenters. The summed E-state index contributed by atoms with van der Waals surface area (Å²) in [4.78, 5) is 25.2. The van der Waals surface area contributed by atoms with Gasteiger partial charge in [0.15, 0.2) is 0 Å². The molecule has 3 aliphatic rings. The monoisotopic (exact) mass is 430 g/mol. The normalized spacial score (nSPS) is 27.1. The van der Waals surface area contributed by atoms with Gasteiger partial charge in [-0.15, -0.1) is 0 Å². The molecule has 1 saturated carbocycles. The van der Waals surface area contributed by atoms with Crippen LogP contribution in [0.1, 0.15) is 53.0 Å². The molecule has 2 amide bonds. The Labute approximate surface area is 184 Å². The van der Waals surface area contributed by atoms with E-state index in [9.17, 15) is 18.4 Å². The van der Waals surface area contributed by atoms with E-state index in [1.807, 2.05) is 39.0 Å². The number of carbonyl (C=O) groups is 2. The number of fused-ring (bicyclic) bond motifs is 3. The maximum Gasteiger partial charge on any atom is 0.269 e. The van der Waals surface area contributed by atoms with Crippen molar-refractivity contribution in [2.75, 3.05) is 10.6 Å². The smallest absolute Gasteiger partial charge is 0.269 e. The van der Waals surface area contributed by atoms with Gasteiger partial charge in [0, 0.05) is 32.1 Å². The average Bonchev–Trinajstić information content (AvgIpc) is 3.51. The van der Waals surface area contributed by atoms with Gasteiger partial charge in [0.1, 0.15) is 0 Å². The second-order valence-electron chi connectivity index (χ2n) is 9.21. The lowest BCUT2D eigenvalue weighted by Gasteiger charge is -2.21. The third-order valence-corrected chi connectivity index (χ3v) is 6.80. The lowest BCUT2D eigenvalue weighted by atomic mass is 9.88. The van der Waals surface area contributed by atoms with Crippen LogP contribution in [0.25, 0.3) is 0 Å². The van der Waals surface area contributed by atoms with Gasteiger partial charge in [-0.3, -0.25) is 9.59 Å². The van der Waals surface area contributed by atoms with E-state index < -0.39 is 12.3 Å². The molecular formula is C25H32F2N2O2. The van der Waals surface area contributed by atoms with Crippen molar-refractivity contribution in [3.63, 3.8) is 0 Å². The molecule has 4 rings (SSSR count). The number of alkyl halides is 2. The van der Waals surface area contributed by atoms with Crippen LogP contribution in [0, 0.1) is 24.7 Å². The van der Waals surface area contributed by atoms with Crippen molar-refractivity contribution in [2.24, 2.45) is 17.8 Å². The zero-order chi connectivity index (χ0) is 22.5. The van der Waals surface area contributed by atoms with Crippen LogP contribution in [0.5, 0.6) is 0 Å². The summed E-state index contributed by atoms with van der Waals surface area (Å²) in [6, 6.07) is 3.71. The van der Waals surface area contributed by atoms with E-state index in [2.05, 4.69) is 17.2 Å². The summed E-state index contributed by atoms with van der Waals surface area (Å²) in [5, 5.41) is 5.87. The summed E-state index contributed by atoms with van der Waals surface area (Å²) in [5.74, 6) is -2.86. The van der Waals surface area contributed by atoms with Crippen molar-refractivity contribution in [3.8, 4) is 0 Å². The molecule has 0 saturated heterocycles. The molecule has 1 heterocycles. The topological polar surface area (TPSA) is 58.2 Å². The third-order valence-electron chi connectivity index (χ3n) is 6.80. The predicted molar refractivity (Wildman–Crippen MR) is 122 cm³/mol. The number of nitrogens with one attached hydrogen (secondary N) is 2. The number of halogens is 2. The molecule has 1 fully saturated rings. The number of benzene rings is 1. The standard InChI is InChI=1S/C25H28F2N2O2.2H2/c1-5-25(26,27)12-16-8-14(3)13(2)6-7-18(16)23(30)28-17-9-15(4)22-20(10-17)19-11-21(19)24(31)29-22;;/h5-7,9-10,13-14,19,21H,1,8,11-12H2,2-4H3,(H,28,30)(H,29,31);2*1H. The molecule has 0 spiro atoms. The highest BCUT2D eigenvalue weighted by molar-refractivity contribution is 6.07. The number of hydrogen-bond donors (Lipinski definition) is 2. The van der Waals surface area contributed by atoms with Crippen LogP contribution in [0.3, 0.4) is 0 Å². The zero-order valence-electron chi connectivity index (χ0n) is 18.1. The van der Waals surface area contributed by atoms with Crippen LogP contribution >= 0.6 is 0 Å². The quantitative estimate of drug-likeness (QED) is 0.545. The highest BCUT2D eigenvalue weighted by Crippen LogP contribution is 2.54. The molecule has 1 aromatic carbocycles. The third kappa shape index (κ3) is 4.21. The van der Waals surface area contributed by atoms with Gasteiger partial charge < -0.3 is 10.6 Å². The van der Waals surface area contributed by atoms with Gasteiger partial charge in [0.05, 0.1) is 0 Å². The number of amides is 2. The van der Waals surface area contributed by atoms with E-state index in [4.69, 9.17) is 0 Å². The fourth-order valence-corrected chi connectivity index (χ4v) is 4.59. The molecule has 4 nitrogen and oxygen atoms in total. The maximum absolute atomic E-state index is 14.1. The van der Waals surface area contributed by atoms with Gasteiger partial charge in [-0.05, 0) is 66.9 Å². The average molecular weight is 431 g/mol. The number of allylic oxidation sites excluding steroid dienone is 3. The van der Waals surface area contributed by atoms with Gasteiger partial charge >= 0.3 is 0 Å². The van der Waals surface area contributed by atoms with Crippen LogP contribution < -0.4 is 10.6 Å². The molecule has 1 aromatic rings. The molecule has 1 aliphatic heterocycles. The maximum atomic E-state index is 14.1. The number of rotatable bonds is 5. The Morgan fingerprint density at radius 2 is 2.10 bits per heavy atom. The summed E-state index contributed by atoms with van der Waals surface area (Å²) in [7, 11) is 0. The fourth-order valence-electron chi connectivity index (χ4n) is 4.59. The lowest BCUT2D eigenvalue weighted by Crippen LogP contribution is -2.22. The second kappa shape index (κ2) is 7.74. The molecule has 0 radical (unpaired) electrons. The summed E-state index contributed by atoms with van der Waals surface area (Å²) in [6.45, 7) is 9.16. The van der Waals surface area contributed by atoms with Gasteiger partial charge in [0.25, 0.3) is 11.8 Å². The molecule has 0 bridgehead atoms. The molecule has 31 heavy (non-hydrogen) atoms. The van der Waals surface area contributed by atoms with Crippen molar-refractivity contribution in [2.45, 2.75) is 51.9 Å². The van der Waals surface area contributed by atoms with E-state index in [1.54, 1.807) is 6.08 Å². The Kier molecular flexibility index (Phi) is 5.36. The summed E-state index contributed by atoms with van der Waals surface area (Å²) in [5.41, 5.74) is 4.09. The highest BCUT2D eigenvalue weighted by Gasteiger charge is 2.48. The fraction of sp³-hybridized carbons (Fsp3) is 0.440. The van der Waals surface area contributed by atoms with E-state index in [0.29, 0.717) is 29.3 Å². The summed E-state index contributed by atoms with van der Waals surface area (Å²) >= 11 is 0. The first-order valence-corrected chi connectivity index (χ1v) is 10.8. The SMILES string of the molecule is C=CC(F)(F)CC1=C(C(=O)Nc2cc(C)c3c(c2)C2CC2C(=O)N3)C=CC(C)C(C)C1.[HH].[HH]. The minimum Gasteiger partial charge on any atom is -0.325 e. The Bertz CT molecular complexity index is 1040. The summed E-state index contributed by atoms with van der Waals surface area (Å²) in [6.07, 6.45) is 4.98. The second-order valence-corrected chi connectivity index (χ2v) is 9.21. The minimum atomic E-state index is -3.07.